The smallest absolute Gasteiger partial charge is 0.0640 e. The largest absolute Gasteiger partial charge is 0.399 e. The first-order valence-electron chi connectivity index (χ1n) is 5.66. The van der Waals surface area contributed by atoms with Gasteiger partial charge in [0.1, 0.15) is 0 Å². The molecule has 17 heavy (non-hydrogen) atoms. The van der Waals surface area contributed by atoms with Crippen LogP contribution in [0.4, 0.5) is 11.4 Å². The van der Waals surface area contributed by atoms with Crippen LogP contribution in [0.5, 0.6) is 0 Å². The molecule has 1 rings (SSSR count). The van der Waals surface area contributed by atoms with Crippen LogP contribution in [0.25, 0.3) is 0 Å². The molecule has 0 aromatic heterocycles. The van der Waals surface area contributed by atoms with Crippen LogP contribution in [0, 0.1) is 18.3 Å². The molecule has 0 amide bonds. The second-order valence-electron chi connectivity index (χ2n) is 3.93. The number of hydrogen-bond donors (Lipinski definition) is 1. The monoisotopic (exact) mass is 233 g/mol. The topological polar surface area (TPSA) is 62.3 Å². The van der Waals surface area contributed by atoms with Crippen LogP contribution < -0.4 is 10.6 Å². The first-order valence-corrected chi connectivity index (χ1v) is 5.66. The molecule has 0 unspecified atom stereocenters. The summed E-state index contributed by atoms with van der Waals surface area (Å²) in [7, 11) is 1.68. The van der Waals surface area contributed by atoms with Crippen molar-refractivity contribution in [1.29, 1.82) is 5.26 Å². The summed E-state index contributed by atoms with van der Waals surface area (Å²) in [5.41, 5.74) is 8.78. The van der Waals surface area contributed by atoms with Gasteiger partial charge in [-0.1, -0.05) is 6.07 Å². The summed E-state index contributed by atoms with van der Waals surface area (Å²) in [5.74, 6) is 0. The summed E-state index contributed by atoms with van der Waals surface area (Å²) < 4.78 is 5.09. The van der Waals surface area contributed by atoms with E-state index >= 15 is 0 Å². The standard InChI is InChI=1S/C13H19N3O/c1-11-4-5-12(15)10-13(11)16(7-3-6-14)8-9-17-2/h4-5,10H,3,7-9,15H2,1-2H3. The van der Waals surface area contributed by atoms with Gasteiger partial charge >= 0.3 is 0 Å². The summed E-state index contributed by atoms with van der Waals surface area (Å²) in [4.78, 5) is 2.14. The lowest BCUT2D eigenvalue weighted by Gasteiger charge is -2.25. The SMILES string of the molecule is COCCN(CCC#N)c1cc(N)ccc1C. The number of nitrogen functional groups attached to an aromatic ring is 1. The van der Waals surface area contributed by atoms with E-state index in [0.29, 0.717) is 19.6 Å². The molecule has 0 radical (unpaired) electrons. The van der Waals surface area contributed by atoms with Crippen molar-refractivity contribution in [1.82, 2.24) is 0 Å². The number of aryl methyl sites for hydroxylation is 1. The Morgan fingerprint density at radius 3 is 2.82 bits per heavy atom. The third-order valence-electron chi connectivity index (χ3n) is 2.63. The van der Waals surface area contributed by atoms with Gasteiger partial charge in [-0.05, 0) is 24.6 Å². The highest BCUT2D eigenvalue weighted by Crippen LogP contribution is 2.22. The van der Waals surface area contributed by atoms with E-state index in [-0.39, 0.29) is 0 Å². The van der Waals surface area contributed by atoms with Crippen molar-refractivity contribution in [3.8, 4) is 6.07 Å². The van der Waals surface area contributed by atoms with Crippen LogP contribution in [0.3, 0.4) is 0 Å². The van der Waals surface area contributed by atoms with Crippen LogP contribution in [-0.4, -0.2) is 26.8 Å². The zero-order chi connectivity index (χ0) is 12.7. The second-order valence-corrected chi connectivity index (χ2v) is 3.93. The lowest BCUT2D eigenvalue weighted by atomic mass is 10.1. The molecule has 92 valence electrons. The van der Waals surface area contributed by atoms with Crippen molar-refractivity contribution in [3.63, 3.8) is 0 Å². The van der Waals surface area contributed by atoms with Gasteiger partial charge in [-0.15, -0.1) is 0 Å². The van der Waals surface area contributed by atoms with E-state index in [4.69, 9.17) is 15.7 Å². The summed E-state index contributed by atoms with van der Waals surface area (Å²) in [6.07, 6.45) is 0.498. The summed E-state index contributed by atoms with van der Waals surface area (Å²) in [6.45, 7) is 4.15. The predicted molar refractivity (Wildman–Crippen MR) is 69.9 cm³/mol. The molecular formula is C13H19N3O. The number of nitriles is 1. The molecule has 0 aliphatic heterocycles. The first-order chi connectivity index (χ1) is 8.19. The van der Waals surface area contributed by atoms with Gasteiger partial charge in [0.2, 0.25) is 0 Å². The molecule has 0 bridgehead atoms. The first kappa shape index (κ1) is 13.3. The highest BCUT2D eigenvalue weighted by molar-refractivity contribution is 5.60. The number of benzene rings is 1. The van der Waals surface area contributed by atoms with Crippen LogP contribution in [0.2, 0.25) is 0 Å². The lowest BCUT2D eigenvalue weighted by molar-refractivity contribution is 0.205. The maximum Gasteiger partial charge on any atom is 0.0640 e. The van der Waals surface area contributed by atoms with Crippen LogP contribution in [0.1, 0.15) is 12.0 Å². The van der Waals surface area contributed by atoms with E-state index in [1.807, 2.05) is 25.1 Å². The molecule has 0 fully saturated rings. The third kappa shape index (κ3) is 3.97. The molecule has 1 aromatic rings. The molecule has 1 aromatic carbocycles. The predicted octanol–water partition coefficient (Wildman–Crippen LogP) is 1.94. The highest BCUT2D eigenvalue weighted by atomic mass is 16.5. The van der Waals surface area contributed by atoms with Gasteiger partial charge in [0.15, 0.2) is 0 Å². The van der Waals surface area contributed by atoms with Crippen molar-refractivity contribution in [2.75, 3.05) is 37.4 Å². The number of ether oxygens (including phenoxy) is 1. The molecule has 0 saturated carbocycles. The minimum atomic E-state index is 0.498. The minimum Gasteiger partial charge on any atom is -0.399 e. The Bertz CT molecular complexity index is 398. The Balaban J connectivity index is 2.86. The molecule has 2 N–H and O–H groups in total. The van der Waals surface area contributed by atoms with Crippen molar-refractivity contribution in [3.05, 3.63) is 23.8 Å². The van der Waals surface area contributed by atoms with Crippen LogP contribution in [-0.2, 0) is 4.74 Å². The summed E-state index contributed by atoms with van der Waals surface area (Å²) >= 11 is 0. The van der Waals surface area contributed by atoms with Gasteiger partial charge in [-0.25, -0.2) is 0 Å². The van der Waals surface area contributed by atoms with E-state index in [9.17, 15) is 0 Å². The van der Waals surface area contributed by atoms with Crippen LogP contribution in [0.15, 0.2) is 18.2 Å². The number of nitrogens with two attached hydrogens (primary N) is 1. The van der Waals surface area contributed by atoms with Gasteiger partial charge in [0, 0.05) is 31.6 Å². The molecule has 4 heteroatoms. The van der Waals surface area contributed by atoms with Crippen molar-refractivity contribution in [2.45, 2.75) is 13.3 Å². The minimum absolute atomic E-state index is 0.498. The average Bonchev–Trinajstić information content (AvgIpc) is 2.33. The van der Waals surface area contributed by atoms with Gasteiger partial charge < -0.3 is 15.4 Å². The molecule has 0 aliphatic carbocycles. The molecule has 0 atom stereocenters. The summed E-state index contributed by atoms with van der Waals surface area (Å²) in [5, 5.41) is 8.68. The zero-order valence-corrected chi connectivity index (χ0v) is 10.4. The molecule has 4 nitrogen and oxygen atoms in total. The Morgan fingerprint density at radius 2 is 2.18 bits per heavy atom. The van der Waals surface area contributed by atoms with Gasteiger partial charge in [0.05, 0.1) is 19.1 Å². The van der Waals surface area contributed by atoms with E-state index in [1.165, 1.54) is 0 Å². The maximum atomic E-state index is 8.68. The number of rotatable bonds is 6. The van der Waals surface area contributed by atoms with E-state index < -0.39 is 0 Å². The van der Waals surface area contributed by atoms with Crippen molar-refractivity contribution < 1.29 is 4.74 Å². The Hall–Kier alpha value is -1.73. The molecule has 0 aliphatic rings. The number of anilines is 2. The molecule has 0 saturated heterocycles. The fraction of sp³-hybridized carbons (Fsp3) is 0.462. The molecule has 0 spiro atoms. The lowest BCUT2D eigenvalue weighted by Crippen LogP contribution is -2.28. The number of nitrogens with zero attached hydrogens (tertiary/aromatic N) is 2. The van der Waals surface area contributed by atoms with Gasteiger partial charge in [-0.3, -0.25) is 0 Å². The van der Waals surface area contributed by atoms with Crippen molar-refractivity contribution >= 4 is 11.4 Å². The summed E-state index contributed by atoms with van der Waals surface area (Å²) in [6, 6.07) is 7.99. The third-order valence-corrected chi connectivity index (χ3v) is 2.63. The second kappa shape index (κ2) is 6.77. The Labute approximate surface area is 103 Å². The van der Waals surface area contributed by atoms with Crippen LogP contribution >= 0.6 is 0 Å². The quantitative estimate of drug-likeness (QED) is 0.763. The fourth-order valence-electron chi connectivity index (χ4n) is 1.71. The van der Waals surface area contributed by atoms with Crippen molar-refractivity contribution in [2.24, 2.45) is 0 Å². The van der Waals surface area contributed by atoms with Gasteiger partial charge in [0.25, 0.3) is 0 Å². The maximum absolute atomic E-state index is 8.68. The fourth-order valence-corrected chi connectivity index (χ4v) is 1.71. The molecule has 0 heterocycles. The Kier molecular flexibility index (Phi) is 5.31. The zero-order valence-electron chi connectivity index (χ0n) is 10.4. The number of hydrogen-bond acceptors (Lipinski definition) is 4. The van der Waals surface area contributed by atoms with E-state index in [0.717, 1.165) is 23.5 Å². The van der Waals surface area contributed by atoms with Gasteiger partial charge in [-0.2, -0.15) is 5.26 Å². The van der Waals surface area contributed by atoms with E-state index in [2.05, 4.69) is 11.0 Å². The number of methoxy groups -OCH3 is 1. The Morgan fingerprint density at radius 1 is 1.41 bits per heavy atom. The highest BCUT2D eigenvalue weighted by Gasteiger charge is 2.09. The molecular weight excluding hydrogens is 214 g/mol. The average molecular weight is 233 g/mol. The normalized spacial score (nSPS) is 9.94. The van der Waals surface area contributed by atoms with E-state index in [1.54, 1.807) is 7.11 Å².